The van der Waals surface area contributed by atoms with E-state index in [1.165, 1.54) is 5.69 Å². The third-order valence-corrected chi connectivity index (χ3v) is 5.86. The Morgan fingerprint density at radius 3 is 2.30 bits per heavy atom. The predicted molar refractivity (Wildman–Crippen MR) is 124 cm³/mol. The Kier molecular flexibility index (Phi) is 7.44. The van der Waals surface area contributed by atoms with Gasteiger partial charge in [0.1, 0.15) is 13.2 Å². The fourth-order valence-electron chi connectivity index (χ4n) is 4.00. The highest BCUT2D eigenvalue weighted by Gasteiger charge is 2.21. The van der Waals surface area contributed by atoms with E-state index in [9.17, 15) is 14.4 Å². The Balaban J connectivity index is 1.13. The molecule has 2 heterocycles. The van der Waals surface area contributed by atoms with Crippen molar-refractivity contribution in [1.29, 1.82) is 0 Å². The van der Waals surface area contributed by atoms with Crippen molar-refractivity contribution in [2.24, 2.45) is 0 Å². The third-order valence-electron chi connectivity index (χ3n) is 5.86. The van der Waals surface area contributed by atoms with Gasteiger partial charge in [0.2, 0.25) is 11.8 Å². The van der Waals surface area contributed by atoms with Gasteiger partial charge in [0.05, 0.1) is 0 Å². The van der Waals surface area contributed by atoms with Gasteiger partial charge in [-0.15, -0.1) is 0 Å². The Morgan fingerprint density at radius 2 is 1.55 bits per heavy atom. The Hall–Kier alpha value is -3.55. The van der Waals surface area contributed by atoms with Gasteiger partial charge < -0.3 is 24.6 Å². The lowest BCUT2D eigenvalue weighted by molar-refractivity contribution is -0.131. The first kappa shape index (κ1) is 22.6. The lowest BCUT2D eigenvalue weighted by Gasteiger charge is -2.36. The molecule has 8 heteroatoms. The van der Waals surface area contributed by atoms with Gasteiger partial charge in [0.15, 0.2) is 17.3 Å². The first-order valence-corrected chi connectivity index (χ1v) is 11.4. The summed E-state index contributed by atoms with van der Waals surface area (Å²) in [6, 6.07) is 15.2. The minimum Gasteiger partial charge on any atom is -0.486 e. The van der Waals surface area contributed by atoms with E-state index < -0.39 is 0 Å². The van der Waals surface area contributed by atoms with Crippen LogP contribution in [0, 0.1) is 0 Å². The number of amides is 2. The number of carbonyl (C=O) groups is 3. The molecule has 2 aliphatic heterocycles. The molecule has 174 valence electrons. The van der Waals surface area contributed by atoms with E-state index in [1.54, 1.807) is 18.2 Å². The molecule has 1 saturated heterocycles. The second kappa shape index (κ2) is 10.8. The van der Waals surface area contributed by atoms with Crippen LogP contribution in [-0.2, 0) is 9.59 Å². The molecule has 0 radical (unpaired) electrons. The van der Waals surface area contributed by atoms with Crippen molar-refractivity contribution in [3.8, 4) is 11.5 Å². The van der Waals surface area contributed by atoms with Crippen molar-refractivity contribution in [3.05, 3.63) is 54.1 Å². The molecule has 0 bridgehead atoms. The monoisotopic (exact) mass is 451 g/mol. The molecule has 0 atom stereocenters. The lowest BCUT2D eigenvalue weighted by Crippen LogP contribution is -2.49. The number of ether oxygens (including phenoxy) is 2. The van der Waals surface area contributed by atoms with E-state index in [0.29, 0.717) is 43.4 Å². The van der Waals surface area contributed by atoms with Gasteiger partial charge in [-0.3, -0.25) is 14.4 Å². The molecule has 2 amide bonds. The van der Waals surface area contributed by atoms with Crippen LogP contribution >= 0.6 is 0 Å². The van der Waals surface area contributed by atoms with Crippen LogP contribution in [0.1, 0.15) is 29.6 Å². The number of fused-ring (bicyclic) bond motifs is 1. The number of nitrogens with zero attached hydrogens (tertiary/aromatic N) is 2. The fraction of sp³-hybridized carbons (Fsp3) is 0.400. The normalized spacial score (nSPS) is 15.2. The van der Waals surface area contributed by atoms with Crippen LogP contribution in [0.3, 0.4) is 0 Å². The summed E-state index contributed by atoms with van der Waals surface area (Å²) in [6.45, 7) is 4.15. The summed E-state index contributed by atoms with van der Waals surface area (Å²) < 4.78 is 11.0. The van der Waals surface area contributed by atoms with Gasteiger partial charge in [-0.25, -0.2) is 0 Å². The maximum absolute atomic E-state index is 12.5. The van der Waals surface area contributed by atoms with Gasteiger partial charge in [-0.2, -0.15) is 0 Å². The standard InChI is InChI=1S/C25H29N3O5/c29-21(19-6-8-22-23(18-19)33-17-16-32-22)7-9-24(30)26-11-10-25(31)28-14-12-27(13-15-28)20-4-2-1-3-5-20/h1-6,8,18H,7,9-17H2,(H,26,30). The number of benzene rings is 2. The van der Waals surface area contributed by atoms with Crippen molar-refractivity contribution in [2.75, 3.05) is 50.8 Å². The summed E-state index contributed by atoms with van der Waals surface area (Å²) in [5, 5.41) is 2.75. The van der Waals surface area contributed by atoms with Crippen LogP contribution in [0.5, 0.6) is 11.5 Å². The van der Waals surface area contributed by atoms with Gasteiger partial charge in [-0.05, 0) is 30.3 Å². The Bertz CT molecular complexity index is 987. The van der Waals surface area contributed by atoms with Gasteiger partial charge in [0, 0.05) is 63.2 Å². The maximum atomic E-state index is 12.5. The summed E-state index contributed by atoms with van der Waals surface area (Å²) in [6.07, 6.45) is 0.436. The van der Waals surface area contributed by atoms with Gasteiger partial charge >= 0.3 is 0 Å². The van der Waals surface area contributed by atoms with Crippen molar-refractivity contribution in [3.63, 3.8) is 0 Å². The smallest absolute Gasteiger partial charge is 0.224 e. The van der Waals surface area contributed by atoms with Crippen LogP contribution in [-0.4, -0.2) is 68.4 Å². The second-order valence-electron chi connectivity index (χ2n) is 8.08. The Labute approximate surface area is 193 Å². The highest BCUT2D eigenvalue weighted by molar-refractivity contribution is 5.98. The maximum Gasteiger partial charge on any atom is 0.224 e. The molecule has 2 aromatic rings. The van der Waals surface area contributed by atoms with E-state index in [1.807, 2.05) is 23.1 Å². The quantitative estimate of drug-likeness (QED) is 0.620. The molecule has 2 aromatic carbocycles. The van der Waals surface area contributed by atoms with Crippen LogP contribution in [0.2, 0.25) is 0 Å². The molecular formula is C25H29N3O5. The summed E-state index contributed by atoms with van der Waals surface area (Å²) >= 11 is 0. The molecule has 0 unspecified atom stereocenters. The Morgan fingerprint density at radius 1 is 0.818 bits per heavy atom. The summed E-state index contributed by atoms with van der Waals surface area (Å²) in [5.74, 6) is 0.855. The number of Topliss-reactive ketones (excluding diaryl/α,β-unsaturated/α-hetero) is 1. The molecule has 8 nitrogen and oxygen atoms in total. The summed E-state index contributed by atoms with van der Waals surface area (Å²) in [7, 11) is 0. The highest BCUT2D eigenvalue weighted by atomic mass is 16.6. The SMILES string of the molecule is O=C(CCC(=O)c1ccc2c(c1)OCCO2)NCCC(=O)N1CCN(c2ccccc2)CC1. The van der Waals surface area contributed by atoms with Crippen LogP contribution < -0.4 is 19.7 Å². The molecule has 4 rings (SSSR count). The number of carbonyl (C=O) groups excluding carboxylic acids is 3. The number of anilines is 1. The minimum atomic E-state index is -0.234. The fourth-order valence-corrected chi connectivity index (χ4v) is 4.00. The number of para-hydroxylation sites is 1. The van der Waals surface area contributed by atoms with Gasteiger partial charge in [0.25, 0.3) is 0 Å². The molecule has 0 spiro atoms. The number of hydrogen-bond donors (Lipinski definition) is 1. The number of hydrogen-bond acceptors (Lipinski definition) is 6. The van der Waals surface area contributed by atoms with Crippen molar-refractivity contribution >= 4 is 23.3 Å². The van der Waals surface area contributed by atoms with E-state index in [0.717, 1.165) is 13.1 Å². The summed E-state index contributed by atoms with van der Waals surface area (Å²) in [4.78, 5) is 41.1. The first-order valence-electron chi connectivity index (χ1n) is 11.4. The molecule has 0 aliphatic carbocycles. The van der Waals surface area contributed by atoms with Crippen molar-refractivity contribution < 1.29 is 23.9 Å². The zero-order valence-electron chi connectivity index (χ0n) is 18.6. The largest absolute Gasteiger partial charge is 0.486 e. The molecule has 33 heavy (non-hydrogen) atoms. The molecule has 0 saturated carbocycles. The average molecular weight is 452 g/mol. The molecular weight excluding hydrogens is 422 g/mol. The summed E-state index contributed by atoms with van der Waals surface area (Å²) in [5.41, 5.74) is 1.67. The molecule has 0 aromatic heterocycles. The topological polar surface area (TPSA) is 88.2 Å². The predicted octanol–water partition coefficient (Wildman–Crippen LogP) is 2.28. The van der Waals surface area contributed by atoms with E-state index in [2.05, 4.69) is 22.3 Å². The molecule has 1 N–H and O–H groups in total. The van der Waals surface area contributed by atoms with Gasteiger partial charge in [-0.1, -0.05) is 18.2 Å². The number of piperazine rings is 1. The third kappa shape index (κ3) is 6.03. The second-order valence-corrected chi connectivity index (χ2v) is 8.08. The van der Waals surface area contributed by atoms with Crippen molar-refractivity contribution in [1.82, 2.24) is 10.2 Å². The van der Waals surface area contributed by atoms with Crippen LogP contribution in [0.25, 0.3) is 0 Å². The minimum absolute atomic E-state index is 0.0374. The van der Waals surface area contributed by atoms with Crippen LogP contribution in [0.4, 0.5) is 5.69 Å². The van der Waals surface area contributed by atoms with E-state index in [4.69, 9.17) is 9.47 Å². The van der Waals surface area contributed by atoms with Crippen molar-refractivity contribution in [2.45, 2.75) is 19.3 Å². The number of rotatable bonds is 8. The zero-order chi connectivity index (χ0) is 23.0. The number of ketones is 1. The lowest BCUT2D eigenvalue weighted by atomic mass is 10.1. The zero-order valence-corrected chi connectivity index (χ0v) is 18.6. The number of nitrogens with one attached hydrogen (secondary N) is 1. The highest BCUT2D eigenvalue weighted by Crippen LogP contribution is 2.31. The van der Waals surface area contributed by atoms with Crippen LogP contribution in [0.15, 0.2) is 48.5 Å². The first-order chi connectivity index (χ1) is 16.1. The molecule has 1 fully saturated rings. The van der Waals surface area contributed by atoms with E-state index in [-0.39, 0.29) is 43.4 Å². The van der Waals surface area contributed by atoms with E-state index >= 15 is 0 Å². The molecule has 2 aliphatic rings. The average Bonchev–Trinajstić information content (AvgIpc) is 2.87.